The number of para-hydroxylation sites is 2. The molecule has 1 aromatic heterocycles. The molecule has 1 aliphatic heterocycles. The summed E-state index contributed by atoms with van der Waals surface area (Å²) in [6, 6.07) is 26.5. The number of nitrogens with zero attached hydrogens (tertiary/aromatic N) is 3. The van der Waals surface area contributed by atoms with E-state index in [2.05, 4.69) is 53.1 Å². The summed E-state index contributed by atoms with van der Waals surface area (Å²) in [6.07, 6.45) is 2.53. The van der Waals surface area contributed by atoms with Gasteiger partial charge < -0.3 is 14.2 Å². The molecule has 5 nitrogen and oxygen atoms in total. The second-order valence-electron chi connectivity index (χ2n) is 8.30. The predicted molar refractivity (Wildman–Crippen MR) is 127 cm³/mol. The summed E-state index contributed by atoms with van der Waals surface area (Å²) in [7, 11) is 1.65. The summed E-state index contributed by atoms with van der Waals surface area (Å²) in [4.78, 5) is 19.7. The fraction of sp³-hybridized carbons (Fsp3) is 0.259. The number of imidazole rings is 1. The fourth-order valence-corrected chi connectivity index (χ4v) is 4.62. The molecule has 1 fully saturated rings. The lowest BCUT2D eigenvalue weighted by Crippen LogP contribution is -2.24. The number of anilines is 1. The molecule has 162 valence electrons. The maximum Gasteiger partial charge on any atom is 0.227 e. The zero-order chi connectivity index (χ0) is 21.9. The van der Waals surface area contributed by atoms with Gasteiger partial charge in [-0.15, -0.1) is 0 Å². The maximum absolute atomic E-state index is 12.9. The fourth-order valence-electron chi connectivity index (χ4n) is 4.62. The average Bonchev–Trinajstić information content (AvgIpc) is 3.40. The van der Waals surface area contributed by atoms with Gasteiger partial charge in [0.05, 0.1) is 18.1 Å². The van der Waals surface area contributed by atoms with Gasteiger partial charge in [-0.05, 0) is 54.8 Å². The Morgan fingerprint density at radius 1 is 0.969 bits per heavy atom. The third kappa shape index (κ3) is 3.98. The molecule has 1 amide bonds. The Bertz CT molecular complexity index is 1210. The molecule has 3 aromatic carbocycles. The van der Waals surface area contributed by atoms with Crippen molar-refractivity contribution in [2.75, 3.05) is 18.6 Å². The lowest BCUT2D eigenvalue weighted by molar-refractivity contribution is -0.117. The monoisotopic (exact) mass is 425 g/mol. The van der Waals surface area contributed by atoms with Crippen LogP contribution in [0.25, 0.3) is 11.0 Å². The molecule has 0 spiro atoms. The molecule has 32 heavy (non-hydrogen) atoms. The minimum absolute atomic E-state index is 0.0775. The number of ether oxygens (including phenoxy) is 1. The van der Waals surface area contributed by atoms with Crippen LogP contribution in [-0.4, -0.2) is 29.1 Å². The van der Waals surface area contributed by atoms with Crippen molar-refractivity contribution in [3.05, 3.63) is 90.3 Å². The van der Waals surface area contributed by atoms with Crippen LogP contribution in [0.2, 0.25) is 0 Å². The first-order valence-corrected chi connectivity index (χ1v) is 11.2. The van der Waals surface area contributed by atoms with E-state index < -0.39 is 0 Å². The van der Waals surface area contributed by atoms with Crippen LogP contribution in [0.1, 0.15) is 30.1 Å². The van der Waals surface area contributed by atoms with E-state index in [1.165, 1.54) is 5.56 Å². The molecule has 1 atom stereocenters. The molecule has 5 heteroatoms. The van der Waals surface area contributed by atoms with Crippen LogP contribution in [0.5, 0.6) is 5.75 Å². The van der Waals surface area contributed by atoms with E-state index in [0.717, 1.165) is 47.7 Å². The third-order valence-electron chi connectivity index (χ3n) is 6.25. The largest absolute Gasteiger partial charge is 0.497 e. The van der Waals surface area contributed by atoms with E-state index in [9.17, 15) is 4.79 Å². The van der Waals surface area contributed by atoms with E-state index in [4.69, 9.17) is 9.72 Å². The first-order chi connectivity index (χ1) is 15.7. The van der Waals surface area contributed by atoms with Crippen LogP contribution >= 0.6 is 0 Å². The number of carbonyl (C=O) groups excluding carboxylic acids is 1. The molecule has 0 radical (unpaired) electrons. The zero-order valence-electron chi connectivity index (χ0n) is 18.3. The Labute approximate surface area is 188 Å². The van der Waals surface area contributed by atoms with Crippen molar-refractivity contribution in [2.24, 2.45) is 0 Å². The second kappa shape index (κ2) is 8.87. The van der Waals surface area contributed by atoms with Crippen molar-refractivity contribution in [3.8, 4) is 5.75 Å². The third-order valence-corrected chi connectivity index (χ3v) is 6.25. The molecule has 0 N–H and O–H groups in total. The number of methoxy groups -OCH3 is 1. The van der Waals surface area contributed by atoms with Crippen LogP contribution in [0.4, 0.5) is 5.69 Å². The lowest BCUT2D eigenvalue weighted by atomic mass is 10.1. The van der Waals surface area contributed by atoms with Gasteiger partial charge in [-0.25, -0.2) is 4.98 Å². The first kappa shape index (κ1) is 20.3. The molecule has 0 aliphatic carbocycles. The smallest absolute Gasteiger partial charge is 0.227 e. The number of carbonyl (C=O) groups is 1. The Morgan fingerprint density at radius 2 is 1.72 bits per heavy atom. The highest BCUT2D eigenvalue weighted by molar-refractivity contribution is 5.96. The number of amides is 1. The molecule has 2 heterocycles. The SMILES string of the molecule is COc1ccc(N2C[C@H](c3nc4ccccc4n3CCCc3ccccc3)CC2=O)cc1. The van der Waals surface area contributed by atoms with Crippen molar-refractivity contribution >= 4 is 22.6 Å². The standard InChI is InChI=1S/C27H27N3O2/c1-32-23-15-13-22(14-16-23)30-19-21(18-26(30)31)27-28-24-11-5-6-12-25(24)29(27)17-7-10-20-8-3-2-4-9-20/h2-6,8-9,11-16,21H,7,10,17-19H2,1H3/t21-/m1/s1. The Hall–Kier alpha value is -3.60. The van der Waals surface area contributed by atoms with Crippen molar-refractivity contribution in [2.45, 2.75) is 31.7 Å². The van der Waals surface area contributed by atoms with E-state index in [-0.39, 0.29) is 11.8 Å². The van der Waals surface area contributed by atoms with Crippen LogP contribution < -0.4 is 9.64 Å². The summed E-state index contributed by atoms with van der Waals surface area (Å²) < 4.78 is 7.58. The maximum atomic E-state index is 12.9. The predicted octanol–water partition coefficient (Wildman–Crippen LogP) is 5.20. The van der Waals surface area contributed by atoms with Gasteiger partial charge in [-0.3, -0.25) is 4.79 Å². The van der Waals surface area contributed by atoms with Crippen molar-refractivity contribution < 1.29 is 9.53 Å². The summed E-state index contributed by atoms with van der Waals surface area (Å²) >= 11 is 0. The van der Waals surface area contributed by atoms with Gasteiger partial charge in [0.15, 0.2) is 0 Å². The van der Waals surface area contributed by atoms with Gasteiger partial charge in [0, 0.05) is 31.1 Å². The van der Waals surface area contributed by atoms with E-state index in [0.29, 0.717) is 13.0 Å². The molecule has 5 rings (SSSR count). The highest BCUT2D eigenvalue weighted by Crippen LogP contribution is 2.34. The molecule has 4 aromatic rings. The van der Waals surface area contributed by atoms with Gasteiger partial charge in [0.1, 0.15) is 11.6 Å². The minimum Gasteiger partial charge on any atom is -0.497 e. The van der Waals surface area contributed by atoms with Crippen molar-refractivity contribution in [3.63, 3.8) is 0 Å². The van der Waals surface area contributed by atoms with Crippen molar-refractivity contribution in [1.29, 1.82) is 0 Å². The van der Waals surface area contributed by atoms with Gasteiger partial charge in [0.25, 0.3) is 0 Å². The number of aryl methyl sites for hydroxylation is 2. The Kier molecular flexibility index (Phi) is 5.63. The van der Waals surface area contributed by atoms with Crippen LogP contribution in [0, 0.1) is 0 Å². The molecular formula is C27H27N3O2. The van der Waals surface area contributed by atoms with E-state index >= 15 is 0 Å². The highest BCUT2D eigenvalue weighted by atomic mass is 16.5. The van der Waals surface area contributed by atoms with Crippen molar-refractivity contribution in [1.82, 2.24) is 9.55 Å². The minimum atomic E-state index is 0.0775. The number of hydrogen-bond acceptors (Lipinski definition) is 3. The Balaban J connectivity index is 1.39. The van der Waals surface area contributed by atoms with Gasteiger partial charge in [-0.2, -0.15) is 0 Å². The van der Waals surface area contributed by atoms with Crippen LogP contribution in [-0.2, 0) is 17.8 Å². The molecule has 0 bridgehead atoms. The molecular weight excluding hydrogens is 398 g/mol. The quantitative estimate of drug-likeness (QED) is 0.409. The van der Waals surface area contributed by atoms with Gasteiger partial charge >= 0.3 is 0 Å². The molecule has 1 saturated heterocycles. The van der Waals surface area contributed by atoms with E-state index in [1.807, 2.05) is 35.2 Å². The number of hydrogen-bond donors (Lipinski definition) is 0. The summed E-state index contributed by atoms with van der Waals surface area (Å²) in [5, 5.41) is 0. The number of benzene rings is 3. The molecule has 0 saturated carbocycles. The first-order valence-electron chi connectivity index (χ1n) is 11.2. The average molecular weight is 426 g/mol. The van der Waals surface area contributed by atoms with Gasteiger partial charge in [-0.1, -0.05) is 42.5 Å². The number of rotatable bonds is 7. The van der Waals surface area contributed by atoms with E-state index in [1.54, 1.807) is 7.11 Å². The van der Waals surface area contributed by atoms with Gasteiger partial charge in [0.2, 0.25) is 5.91 Å². The number of fused-ring (bicyclic) bond motifs is 1. The summed E-state index contributed by atoms with van der Waals surface area (Å²) in [5.74, 6) is 2.03. The lowest BCUT2D eigenvalue weighted by Gasteiger charge is -2.18. The zero-order valence-corrected chi connectivity index (χ0v) is 18.3. The van der Waals surface area contributed by atoms with Crippen LogP contribution in [0.3, 0.4) is 0 Å². The summed E-state index contributed by atoms with van der Waals surface area (Å²) in [5.41, 5.74) is 4.40. The molecule has 0 unspecified atom stereocenters. The highest BCUT2D eigenvalue weighted by Gasteiger charge is 2.34. The number of aromatic nitrogens is 2. The van der Waals surface area contributed by atoms with Crippen LogP contribution in [0.15, 0.2) is 78.9 Å². The molecule has 1 aliphatic rings. The summed E-state index contributed by atoms with van der Waals surface area (Å²) in [6.45, 7) is 1.53. The Morgan fingerprint density at radius 3 is 2.50 bits per heavy atom. The topological polar surface area (TPSA) is 47.4 Å². The second-order valence-corrected chi connectivity index (χ2v) is 8.30. The normalized spacial score (nSPS) is 16.1.